The number of nitrogens with zero attached hydrogens (tertiary/aromatic N) is 2. The van der Waals surface area contributed by atoms with Crippen LogP contribution in [0.1, 0.15) is 5.56 Å². The second kappa shape index (κ2) is 4.85. The van der Waals surface area contributed by atoms with E-state index in [-0.39, 0.29) is 4.90 Å². The molecule has 0 saturated heterocycles. The van der Waals surface area contributed by atoms with Crippen molar-refractivity contribution in [1.82, 2.24) is 8.37 Å². The van der Waals surface area contributed by atoms with Crippen molar-refractivity contribution in [3.05, 3.63) is 69.3 Å². The van der Waals surface area contributed by atoms with Crippen LogP contribution in [0.25, 0.3) is 5.52 Å². The third-order valence-corrected chi connectivity index (χ3v) is 5.55. The molecule has 0 amide bonds. The van der Waals surface area contributed by atoms with E-state index in [9.17, 15) is 13.2 Å². The Bertz CT molecular complexity index is 985. The summed E-state index contributed by atoms with van der Waals surface area (Å²) in [6.07, 6.45) is 2.81. The van der Waals surface area contributed by atoms with Crippen LogP contribution >= 0.6 is 15.9 Å². The fourth-order valence-electron chi connectivity index (χ4n) is 2.06. The third-order valence-electron chi connectivity index (χ3n) is 3.21. The highest BCUT2D eigenvalue weighted by Gasteiger charge is 2.19. The summed E-state index contributed by atoms with van der Waals surface area (Å²) in [6.45, 7) is 1.87. The number of aryl methyl sites for hydroxylation is 1. The topological polar surface area (TPSA) is 60.6 Å². The Kier molecular flexibility index (Phi) is 3.26. The minimum absolute atomic E-state index is 0.0840. The Morgan fingerprint density at radius 1 is 1.00 bits per heavy atom. The largest absolute Gasteiger partial charge is 0.346 e. The van der Waals surface area contributed by atoms with Crippen molar-refractivity contribution in [3.63, 3.8) is 0 Å². The highest BCUT2D eigenvalue weighted by Crippen LogP contribution is 2.18. The number of rotatable bonds is 2. The zero-order valence-corrected chi connectivity index (χ0v) is 13.4. The molecule has 2 heterocycles. The van der Waals surface area contributed by atoms with Gasteiger partial charge in [-0.15, -0.1) is 0 Å². The summed E-state index contributed by atoms with van der Waals surface area (Å²) in [6, 6.07) is 9.65. The molecule has 0 unspecified atom stereocenters. The van der Waals surface area contributed by atoms with Crippen LogP contribution in [0.5, 0.6) is 0 Å². The SMILES string of the molecule is Cc1ccc(S(=O)(=O)n2ccc3c(Br)ccn3c2=O)cc1. The molecular formula is C14H11BrN2O3S. The molecule has 5 nitrogen and oxygen atoms in total. The average Bonchev–Trinajstić information content (AvgIpc) is 2.82. The van der Waals surface area contributed by atoms with Crippen molar-refractivity contribution < 1.29 is 8.42 Å². The summed E-state index contributed by atoms with van der Waals surface area (Å²) in [5.74, 6) is 0. The Morgan fingerprint density at radius 3 is 2.33 bits per heavy atom. The van der Waals surface area contributed by atoms with Crippen LogP contribution in [0.2, 0.25) is 0 Å². The fraction of sp³-hybridized carbons (Fsp3) is 0.0714. The van der Waals surface area contributed by atoms with Crippen molar-refractivity contribution in [3.8, 4) is 0 Å². The Labute approximate surface area is 129 Å². The van der Waals surface area contributed by atoms with Gasteiger partial charge in [0.2, 0.25) is 0 Å². The molecule has 0 N–H and O–H groups in total. The zero-order valence-electron chi connectivity index (χ0n) is 11.0. The Balaban J connectivity index is 2.26. The van der Waals surface area contributed by atoms with Gasteiger partial charge >= 0.3 is 5.69 Å². The van der Waals surface area contributed by atoms with Gasteiger partial charge in [0.25, 0.3) is 10.0 Å². The van der Waals surface area contributed by atoms with Gasteiger partial charge in [0.15, 0.2) is 0 Å². The highest BCUT2D eigenvalue weighted by atomic mass is 79.9. The molecule has 0 saturated carbocycles. The van der Waals surface area contributed by atoms with Crippen molar-refractivity contribution in [1.29, 1.82) is 0 Å². The normalized spacial score (nSPS) is 11.9. The van der Waals surface area contributed by atoms with Gasteiger partial charge in [0.1, 0.15) is 0 Å². The summed E-state index contributed by atoms with van der Waals surface area (Å²) in [7, 11) is -3.90. The van der Waals surface area contributed by atoms with Crippen molar-refractivity contribution in [2.45, 2.75) is 11.8 Å². The van der Waals surface area contributed by atoms with E-state index in [4.69, 9.17) is 0 Å². The number of aromatic nitrogens is 2. The zero-order chi connectivity index (χ0) is 15.2. The summed E-state index contributed by atoms with van der Waals surface area (Å²) < 4.78 is 27.9. The molecule has 3 aromatic rings. The lowest BCUT2D eigenvalue weighted by Gasteiger charge is -2.08. The molecule has 2 aromatic heterocycles. The van der Waals surface area contributed by atoms with Gasteiger partial charge in [0, 0.05) is 16.9 Å². The second-order valence-electron chi connectivity index (χ2n) is 4.63. The van der Waals surface area contributed by atoms with E-state index in [0.717, 1.165) is 14.0 Å². The minimum Gasteiger partial charge on any atom is -0.267 e. The van der Waals surface area contributed by atoms with Gasteiger partial charge < -0.3 is 0 Å². The first-order valence-corrected chi connectivity index (χ1v) is 8.35. The molecule has 0 aliphatic carbocycles. The summed E-state index contributed by atoms with van der Waals surface area (Å²) in [5.41, 5.74) is 0.945. The first kappa shape index (κ1) is 14.1. The smallest absolute Gasteiger partial charge is 0.267 e. The van der Waals surface area contributed by atoms with E-state index in [1.54, 1.807) is 24.3 Å². The summed E-state index contributed by atoms with van der Waals surface area (Å²) >= 11 is 3.31. The van der Waals surface area contributed by atoms with Gasteiger partial charge in [0.05, 0.1) is 10.4 Å². The predicted molar refractivity (Wildman–Crippen MR) is 83.1 cm³/mol. The first-order chi connectivity index (χ1) is 9.91. The van der Waals surface area contributed by atoms with Crippen molar-refractivity contribution >= 4 is 31.5 Å². The van der Waals surface area contributed by atoms with E-state index in [0.29, 0.717) is 5.52 Å². The molecule has 21 heavy (non-hydrogen) atoms. The number of halogens is 1. The lowest BCUT2D eigenvalue weighted by Crippen LogP contribution is -2.31. The van der Waals surface area contributed by atoms with E-state index >= 15 is 0 Å². The molecule has 0 fully saturated rings. The maximum absolute atomic E-state index is 12.6. The number of fused-ring (bicyclic) bond motifs is 1. The quantitative estimate of drug-likeness (QED) is 0.699. The van der Waals surface area contributed by atoms with Crippen LogP contribution in [0.15, 0.2) is 63.0 Å². The summed E-state index contributed by atoms with van der Waals surface area (Å²) in [5, 5.41) is 0. The van der Waals surface area contributed by atoms with Crippen LogP contribution in [0.3, 0.4) is 0 Å². The van der Waals surface area contributed by atoms with E-state index < -0.39 is 15.7 Å². The lowest BCUT2D eigenvalue weighted by molar-refractivity contribution is 0.583. The first-order valence-electron chi connectivity index (χ1n) is 6.12. The summed E-state index contributed by atoms with van der Waals surface area (Å²) in [4.78, 5) is 12.4. The molecule has 0 bridgehead atoms. The van der Waals surface area contributed by atoms with Crippen LogP contribution in [0.4, 0.5) is 0 Å². The van der Waals surface area contributed by atoms with Crippen LogP contribution < -0.4 is 5.69 Å². The van der Waals surface area contributed by atoms with E-state index in [1.165, 1.54) is 28.9 Å². The minimum atomic E-state index is -3.90. The molecule has 0 spiro atoms. The second-order valence-corrected chi connectivity index (χ2v) is 7.30. The van der Waals surface area contributed by atoms with Crippen LogP contribution in [-0.4, -0.2) is 16.8 Å². The number of hydrogen-bond acceptors (Lipinski definition) is 3. The van der Waals surface area contributed by atoms with Gasteiger partial charge in [-0.1, -0.05) is 17.7 Å². The molecule has 0 aliphatic rings. The molecule has 0 radical (unpaired) electrons. The van der Waals surface area contributed by atoms with E-state index in [1.807, 2.05) is 6.92 Å². The maximum Gasteiger partial charge on any atom is 0.346 e. The van der Waals surface area contributed by atoms with Crippen molar-refractivity contribution in [2.24, 2.45) is 0 Å². The van der Waals surface area contributed by atoms with Gasteiger partial charge in [-0.2, -0.15) is 3.97 Å². The van der Waals surface area contributed by atoms with Gasteiger partial charge in [-0.3, -0.25) is 4.40 Å². The fourth-order valence-corrected chi connectivity index (χ4v) is 3.73. The number of benzene rings is 1. The van der Waals surface area contributed by atoms with Gasteiger partial charge in [-0.25, -0.2) is 13.2 Å². The molecular weight excluding hydrogens is 356 g/mol. The molecule has 0 atom stereocenters. The third kappa shape index (κ3) is 2.22. The number of hydrogen-bond donors (Lipinski definition) is 0. The molecule has 108 valence electrons. The maximum atomic E-state index is 12.6. The van der Waals surface area contributed by atoms with E-state index in [2.05, 4.69) is 15.9 Å². The molecule has 7 heteroatoms. The Morgan fingerprint density at radius 2 is 1.67 bits per heavy atom. The molecule has 1 aromatic carbocycles. The molecule has 3 rings (SSSR count). The van der Waals surface area contributed by atoms with Gasteiger partial charge in [-0.05, 0) is 47.1 Å². The van der Waals surface area contributed by atoms with Crippen molar-refractivity contribution in [2.75, 3.05) is 0 Å². The van der Waals surface area contributed by atoms with Crippen LogP contribution in [0, 0.1) is 6.92 Å². The predicted octanol–water partition coefficient (Wildman–Crippen LogP) is 2.41. The Hall–Kier alpha value is -1.86. The van der Waals surface area contributed by atoms with Crippen LogP contribution in [-0.2, 0) is 10.0 Å². The lowest BCUT2D eigenvalue weighted by atomic mass is 10.2. The highest BCUT2D eigenvalue weighted by molar-refractivity contribution is 9.10. The molecule has 0 aliphatic heterocycles. The standard InChI is InChI=1S/C14H11BrN2O3S/c1-10-2-4-11(5-3-10)21(19,20)17-9-7-13-12(15)6-8-16(13)14(17)18/h2-9H,1H3. The monoisotopic (exact) mass is 366 g/mol. The average molecular weight is 367 g/mol.